The lowest BCUT2D eigenvalue weighted by molar-refractivity contribution is 0.0504. The van der Waals surface area contributed by atoms with Gasteiger partial charge in [-0.3, -0.25) is 4.79 Å². The van der Waals surface area contributed by atoms with Gasteiger partial charge in [0, 0.05) is 16.9 Å². The quantitative estimate of drug-likeness (QED) is 0.583. The van der Waals surface area contributed by atoms with E-state index in [0.717, 1.165) is 23.9 Å². The van der Waals surface area contributed by atoms with Crippen molar-refractivity contribution in [2.24, 2.45) is 11.3 Å². The number of carbonyl (C=O) groups excluding carboxylic acids is 1. The van der Waals surface area contributed by atoms with Gasteiger partial charge in [0.15, 0.2) is 17.8 Å². The van der Waals surface area contributed by atoms with Crippen molar-refractivity contribution in [3.05, 3.63) is 23.0 Å². The molecule has 1 aliphatic heterocycles. The van der Waals surface area contributed by atoms with E-state index in [-0.39, 0.29) is 12.2 Å². The largest absolute Gasteiger partial charge is 0.460 e. The zero-order valence-corrected chi connectivity index (χ0v) is 16.7. The fourth-order valence-corrected chi connectivity index (χ4v) is 6.36. The minimum atomic E-state index is 0.0565. The third-order valence-corrected chi connectivity index (χ3v) is 7.63. The fourth-order valence-electron chi connectivity index (χ4n) is 6.36. The van der Waals surface area contributed by atoms with E-state index in [2.05, 4.69) is 33.8 Å². The number of ether oxygens (including phenoxy) is 2. The molecule has 0 bridgehead atoms. The first-order chi connectivity index (χ1) is 12.9. The Morgan fingerprint density at radius 3 is 2.74 bits per heavy atom. The summed E-state index contributed by atoms with van der Waals surface area (Å²) in [6, 6.07) is 2.05. The van der Waals surface area contributed by atoms with Crippen molar-refractivity contribution in [3.63, 3.8) is 0 Å². The zero-order valence-electron chi connectivity index (χ0n) is 16.7. The first-order valence-corrected chi connectivity index (χ1v) is 10.2. The van der Waals surface area contributed by atoms with Crippen molar-refractivity contribution in [1.29, 1.82) is 0 Å². The number of fused-ring (bicyclic) bond motifs is 6. The fraction of sp³-hybridized carbons (Fsp3) is 0.609. The van der Waals surface area contributed by atoms with Crippen LogP contribution in [0.3, 0.4) is 0 Å². The van der Waals surface area contributed by atoms with E-state index in [1.54, 1.807) is 0 Å². The van der Waals surface area contributed by atoms with E-state index < -0.39 is 0 Å². The molecule has 144 valence electrons. The molecule has 3 aliphatic rings. The van der Waals surface area contributed by atoms with Crippen LogP contribution in [0.4, 0.5) is 0 Å². The summed E-state index contributed by atoms with van der Waals surface area (Å²) in [5.74, 6) is 3.22. The summed E-state index contributed by atoms with van der Waals surface area (Å²) in [4.78, 5) is 11.9. The van der Waals surface area contributed by atoms with E-state index >= 15 is 0 Å². The highest BCUT2D eigenvalue weighted by atomic mass is 16.7. The smallest absolute Gasteiger partial charge is 0.231 e. The molecular weight excluding hydrogens is 340 g/mol. The van der Waals surface area contributed by atoms with E-state index in [9.17, 15) is 4.79 Å². The summed E-state index contributed by atoms with van der Waals surface area (Å²) in [5.41, 5.74) is 2.86. The number of hydrogen-bond donors (Lipinski definition) is 0. The van der Waals surface area contributed by atoms with Crippen molar-refractivity contribution in [1.82, 2.24) is 0 Å². The summed E-state index contributed by atoms with van der Waals surface area (Å²) < 4.78 is 17.7. The van der Waals surface area contributed by atoms with Gasteiger partial charge in [-0.05, 0) is 48.5 Å². The third kappa shape index (κ3) is 2.19. The number of aldehydes is 1. The molecular formula is C23H28O4. The monoisotopic (exact) mass is 368 g/mol. The number of rotatable bonds is 1. The molecule has 5 rings (SSSR count). The second-order valence-corrected chi connectivity index (χ2v) is 9.65. The number of carbonyl (C=O) groups is 1. The van der Waals surface area contributed by atoms with E-state index in [1.165, 1.54) is 31.2 Å². The maximum Gasteiger partial charge on any atom is 0.231 e. The molecule has 2 heterocycles. The van der Waals surface area contributed by atoms with Crippen LogP contribution in [0.25, 0.3) is 11.0 Å². The van der Waals surface area contributed by atoms with Gasteiger partial charge < -0.3 is 13.9 Å². The van der Waals surface area contributed by atoms with Gasteiger partial charge in [0.1, 0.15) is 16.9 Å². The molecule has 2 aromatic rings. The van der Waals surface area contributed by atoms with Crippen LogP contribution in [0.5, 0.6) is 11.5 Å². The summed E-state index contributed by atoms with van der Waals surface area (Å²) in [6.07, 6.45) is 6.87. The molecule has 1 fully saturated rings. The second-order valence-electron chi connectivity index (χ2n) is 9.65. The molecule has 0 spiro atoms. The zero-order chi connectivity index (χ0) is 19.0. The van der Waals surface area contributed by atoms with Crippen molar-refractivity contribution < 1.29 is 18.7 Å². The number of furan rings is 1. The highest BCUT2D eigenvalue weighted by Crippen LogP contribution is 2.60. The molecule has 2 aliphatic carbocycles. The summed E-state index contributed by atoms with van der Waals surface area (Å²) in [5, 5.41) is 1.05. The van der Waals surface area contributed by atoms with Crippen molar-refractivity contribution >= 4 is 17.3 Å². The second kappa shape index (κ2) is 5.52. The molecule has 0 N–H and O–H groups in total. The van der Waals surface area contributed by atoms with Crippen LogP contribution in [-0.4, -0.2) is 13.1 Å². The van der Waals surface area contributed by atoms with Gasteiger partial charge in [-0.2, -0.15) is 0 Å². The minimum Gasteiger partial charge on any atom is -0.460 e. The molecule has 27 heavy (non-hydrogen) atoms. The van der Waals surface area contributed by atoms with Crippen LogP contribution >= 0.6 is 0 Å². The number of hydrogen-bond acceptors (Lipinski definition) is 4. The normalized spacial score (nSPS) is 31.3. The molecule has 0 radical (unpaired) electrons. The highest BCUT2D eigenvalue weighted by molar-refractivity contribution is 6.02. The summed E-state index contributed by atoms with van der Waals surface area (Å²) in [6.45, 7) is 9.71. The average molecular weight is 368 g/mol. The van der Waals surface area contributed by atoms with E-state index in [1.807, 2.05) is 0 Å². The maximum absolute atomic E-state index is 11.9. The molecule has 1 aromatic carbocycles. The van der Waals surface area contributed by atoms with Gasteiger partial charge in [0.2, 0.25) is 6.79 Å². The van der Waals surface area contributed by atoms with Gasteiger partial charge in [0.25, 0.3) is 0 Å². The van der Waals surface area contributed by atoms with E-state index in [0.29, 0.717) is 39.9 Å². The van der Waals surface area contributed by atoms with Crippen LogP contribution in [0, 0.1) is 11.3 Å². The van der Waals surface area contributed by atoms with Gasteiger partial charge in [0.05, 0.1) is 0 Å². The van der Waals surface area contributed by atoms with Crippen LogP contribution in [-0.2, 0) is 5.41 Å². The molecule has 1 aromatic heterocycles. The Bertz CT molecular complexity index is 938. The molecule has 0 amide bonds. The van der Waals surface area contributed by atoms with Crippen LogP contribution in [0.2, 0.25) is 0 Å². The molecule has 0 saturated heterocycles. The molecule has 1 saturated carbocycles. The first-order valence-electron chi connectivity index (χ1n) is 10.2. The first kappa shape index (κ1) is 17.2. The standard InChI is InChI=1S/C23H28O4/c1-13-6-7-17-22(2,3)8-5-9-23(17,4)18-14-10-16-21(26-12-25-16)15(11-24)20(14)27-19(13)18/h10-11,13,17H,5-9,12H2,1-4H3/t13-,17-,23-/m0/s1. The lowest BCUT2D eigenvalue weighted by Gasteiger charge is -2.50. The number of benzene rings is 1. The molecule has 3 atom stereocenters. The Hall–Kier alpha value is -1.97. The molecule has 0 unspecified atom stereocenters. The Kier molecular flexibility index (Phi) is 3.51. The Morgan fingerprint density at radius 1 is 1.15 bits per heavy atom. The molecule has 4 heteroatoms. The predicted octanol–water partition coefficient (Wildman–Crippen LogP) is 5.96. The minimum absolute atomic E-state index is 0.0565. The van der Waals surface area contributed by atoms with Gasteiger partial charge in [-0.25, -0.2) is 0 Å². The maximum atomic E-state index is 11.9. The van der Waals surface area contributed by atoms with Crippen LogP contribution in [0.15, 0.2) is 10.5 Å². The van der Waals surface area contributed by atoms with Crippen LogP contribution < -0.4 is 9.47 Å². The molecule has 4 nitrogen and oxygen atoms in total. The van der Waals surface area contributed by atoms with Gasteiger partial charge >= 0.3 is 0 Å². The van der Waals surface area contributed by atoms with Gasteiger partial charge in [-0.1, -0.05) is 34.1 Å². The Morgan fingerprint density at radius 2 is 1.96 bits per heavy atom. The predicted molar refractivity (Wildman–Crippen MR) is 104 cm³/mol. The summed E-state index contributed by atoms with van der Waals surface area (Å²) in [7, 11) is 0. The van der Waals surface area contributed by atoms with Crippen LogP contribution in [0.1, 0.15) is 87.4 Å². The Balaban J connectivity index is 1.85. The summed E-state index contributed by atoms with van der Waals surface area (Å²) >= 11 is 0. The SMILES string of the molecule is C[C@H]1CC[C@H]2C(C)(C)CCC[C@]2(C)c2c1oc1c(C=O)c3c(cc21)OCO3. The van der Waals surface area contributed by atoms with Crippen molar-refractivity contribution in [2.75, 3.05) is 6.79 Å². The third-order valence-electron chi connectivity index (χ3n) is 7.63. The topological polar surface area (TPSA) is 48.7 Å². The lowest BCUT2D eigenvalue weighted by atomic mass is 9.53. The average Bonchev–Trinajstić information content (AvgIpc) is 3.20. The Labute approximate surface area is 160 Å². The van der Waals surface area contributed by atoms with Gasteiger partial charge in [-0.15, -0.1) is 0 Å². The highest BCUT2D eigenvalue weighted by Gasteiger charge is 2.51. The lowest BCUT2D eigenvalue weighted by Crippen LogP contribution is -2.44. The van der Waals surface area contributed by atoms with Crippen molar-refractivity contribution in [3.8, 4) is 11.5 Å². The van der Waals surface area contributed by atoms with Crippen molar-refractivity contribution in [2.45, 2.75) is 71.1 Å². The van der Waals surface area contributed by atoms with E-state index in [4.69, 9.17) is 13.9 Å².